The summed E-state index contributed by atoms with van der Waals surface area (Å²) in [6.45, 7) is 22.3. The van der Waals surface area contributed by atoms with Gasteiger partial charge in [0.25, 0.3) is 0 Å². The maximum absolute atomic E-state index is 14.8. The molecule has 0 aliphatic carbocycles. The van der Waals surface area contributed by atoms with Crippen molar-refractivity contribution >= 4 is 34.8 Å². The fourth-order valence-corrected chi connectivity index (χ4v) is 12.5. The molecular weight excluding hydrogens is 999 g/mol. The van der Waals surface area contributed by atoms with E-state index in [9.17, 15) is 34.2 Å². The first-order chi connectivity index (χ1) is 36.3. The Morgan fingerprint density at radius 1 is 0.883 bits per heavy atom. The third kappa shape index (κ3) is 13.6. The van der Waals surface area contributed by atoms with Crippen LogP contribution < -0.4 is 10.7 Å². The molecule has 434 valence electrons. The van der Waals surface area contributed by atoms with Gasteiger partial charge in [-0.05, 0) is 132 Å². The minimum Gasteiger partial charge on any atom is -0.477 e. The number of hydrogen-bond acceptors (Lipinski definition) is 18. The zero-order valence-electron chi connectivity index (χ0n) is 48.2. The minimum absolute atomic E-state index is 0.123. The van der Waals surface area contributed by atoms with Gasteiger partial charge in [-0.15, -0.1) is 0 Å². The van der Waals surface area contributed by atoms with Crippen LogP contribution in [0.5, 0.6) is 0 Å². The Morgan fingerprint density at radius 3 is 2.19 bits per heavy atom. The number of carbonyl (C=O) groups is 4. The van der Waals surface area contributed by atoms with E-state index in [1.807, 2.05) is 72.7 Å². The minimum atomic E-state index is -1.50. The molecule has 0 radical (unpaired) electrons. The Bertz CT molecular complexity index is 2420. The molecule has 5 heterocycles. The first kappa shape index (κ1) is 62.1. The van der Waals surface area contributed by atoms with Crippen LogP contribution in [0, 0.1) is 23.7 Å². The van der Waals surface area contributed by atoms with E-state index in [-0.39, 0.29) is 42.8 Å². The van der Waals surface area contributed by atoms with Crippen LogP contribution in [0.25, 0.3) is 10.9 Å². The molecular formula is C57H89N3O17. The van der Waals surface area contributed by atoms with Crippen LogP contribution in [0.3, 0.4) is 0 Å². The molecule has 4 aliphatic heterocycles. The van der Waals surface area contributed by atoms with Crippen LogP contribution in [-0.4, -0.2) is 176 Å². The summed E-state index contributed by atoms with van der Waals surface area (Å²) in [5.41, 5.74) is -2.75. The average molecular weight is 1090 g/mol. The van der Waals surface area contributed by atoms with Crippen LogP contribution in [0.4, 0.5) is 4.79 Å². The van der Waals surface area contributed by atoms with E-state index in [2.05, 4.69) is 5.32 Å². The average Bonchev–Trinajstić information content (AvgIpc) is 3.74. The molecule has 1 unspecified atom stereocenters. The van der Waals surface area contributed by atoms with Crippen LogP contribution in [0.15, 0.2) is 29.2 Å². The molecule has 4 aliphatic rings. The van der Waals surface area contributed by atoms with Crippen molar-refractivity contribution in [2.45, 2.75) is 212 Å². The monoisotopic (exact) mass is 1090 g/mol. The predicted octanol–water partition coefficient (Wildman–Crippen LogP) is 6.29. The van der Waals surface area contributed by atoms with Gasteiger partial charge in [-0.1, -0.05) is 33.8 Å². The van der Waals surface area contributed by atoms with Crippen LogP contribution in [0.2, 0.25) is 0 Å². The van der Waals surface area contributed by atoms with Crippen molar-refractivity contribution in [2.24, 2.45) is 23.7 Å². The number of likely N-dealkylation sites (N-methyl/N-ethyl adjacent to an activating group) is 1. The van der Waals surface area contributed by atoms with Gasteiger partial charge in [0.15, 0.2) is 24.3 Å². The van der Waals surface area contributed by atoms with Gasteiger partial charge in [0.2, 0.25) is 5.43 Å². The van der Waals surface area contributed by atoms with Crippen molar-refractivity contribution in [3.63, 3.8) is 0 Å². The normalized spacial score (nSPS) is 37.5. The Morgan fingerprint density at radius 2 is 1.56 bits per heavy atom. The number of rotatable bonds is 19. The van der Waals surface area contributed by atoms with E-state index in [1.165, 1.54) is 13.3 Å². The summed E-state index contributed by atoms with van der Waals surface area (Å²) in [5, 5.41) is 25.3. The molecule has 0 bridgehead atoms. The van der Waals surface area contributed by atoms with Crippen molar-refractivity contribution < 1.29 is 76.8 Å². The zero-order chi connectivity index (χ0) is 56.9. The number of nitrogens with zero attached hydrogens (tertiary/aromatic N) is 2. The molecule has 77 heavy (non-hydrogen) atoms. The highest BCUT2D eigenvalue weighted by Gasteiger charge is 2.59. The number of fused-ring (bicyclic) bond motifs is 2. The number of esters is 1. The van der Waals surface area contributed by atoms with Crippen molar-refractivity contribution in [1.82, 2.24) is 14.8 Å². The lowest BCUT2D eigenvalue weighted by molar-refractivity contribution is -0.322. The standard InChI is InChI=1S/C57H89N3O17/c1-16-42-57(11)49(76-54(67)77-57)33(5)44(61)31(3)28-55(9,68-14)48(75-53-46(63)41(59(12)13)26-32(4)71-53)34(6)47(35(7)52(66)73-42)74-43-29-56(10,69-15)50(36(8)72-43)70-25-19-24-58-23-18-20-37-21-22-40-38(27-37)45(62)39(51(64)65)30-60(40)17-2/h21-22,27,30-36,41-43,46-50,53,58,63H,16-20,23-26,28-29H2,1-15H3,(H,64,65)/t31-,32-,33?,34+,35+,36-,41+,42-,43+,46+,47+,48-,49+,50+,53+,55+,56-,57-/m0/s1. The number of aryl methyl sites for hydroxylation is 2. The number of pyridine rings is 1. The lowest BCUT2D eigenvalue weighted by atomic mass is 9.74. The van der Waals surface area contributed by atoms with Gasteiger partial charge >= 0.3 is 18.1 Å². The topological polar surface area (TPSA) is 238 Å². The van der Waals surface area contributed by atoms with Gasteiger partial charge < -0.3 is 72.4 Å². The summed E-state index contributed by atoms with van der Waals surface area (Å²) in [6, 6.07) is 5.35. The Kier molecular flexibility index (Phi) is 21.0. The Labute approximate surface area is 454 Å². The molecule has 20 heteroatoms. The van der Waals surface area contributed by atoms with Gasteiger partial charge in [0, 0.05) is 63.3 Å². The number of carboxylic acids is 1. The number of ketones is 1. The van der Waals surface area contributed by atoms with Crippen molar-refractivity contribution in [1.29, 1.82) is 0 Å². The molecule has 2 aromatic rings. The van der Waals surface area contributed by atoms with E-state index in [1.54, 1.807) is 52.4 Å². The van der Waals surface area contributed by atoms with Crippen LogP contribution in [0.1, 0.15) is 131 Å². The van der Waals surface area contributed by atoms with Gasteiger partial charge in [-0.2, -0.15) is 0 Å². The van der Waals surface area contributed by atoms with Gasteiger partial charge in [-0.25, -0.2) is 9.59 Å². The number of carbonyl (C=O) groups excluding carboxylic acids is 3. The van der Waals surface area contributed by atoms with E-state index < -0.39 is 119 Å². The smallest absolute Gasteiger partial charge is 0.477 e. The number of nitrogens with one attached hydrogen (secondary N) is 1. The SMILES string of the molecule is CC[C@@H]1OC(=O)[C@H](C)[C@H](O[C@@H]2C[C@](C)(OC)[C@H](OCCCNCCCc3ccc4c(c3)c(=O)c(C(=O)O)cn4CC)[C@H](C)O2)[C@@H](C)[C@H](O[C@H]2O[C@@H](C)C[C@@H](N(C)C)[C@H]2O)[C@](C)(OC)C[C@H](C)C(=O)C(C)[C@H]2OC(=O)O[C@@]12C. The first-order valence-electron chi connectivity index (χ1n) is 27.7. The predicted molar refractivity (Wildman–Crippen MR) is 285 cm³/mol. The van der Waals surface area contributed by atoms with E-state index >= 15 is 0 Å². The van der Waals surface area contributed by atoms with E-state index in [0.29, 0.717) is 56.4 Å². The van der Waals surface area contributed by atoms with Gasteiger partial charge in [0.1, 0.15) is 29.7 Å². The van der Waals surface area contributed by atoms with Crippen molar-refractivity contribution in [2.75, 3.05) is 48.0 Å². The molecule has 1 aromatic carbocycles. The van der Waals surface area contributed by atoms with Crippen molar-refractivity contribution in [3.05, 3.63) is 45.7 Å². The summed E-state index contributed by atoms with van der Waals surface area (Å²) in [4.78, 5) is 68.9. The quantitative estimate of drug-likeness (QED) is 0.103. The molecule has 1 aromatic heterocycles. The number of aliphatic hydroxyl groups is 1. The Balaban J connectivity index is 1.19. The summed E-state index contributed by atoms with van der Waals surface area (Å²) < 4.78 is 65.9. The van der Waals surface area contributed by atoms with Crippen LogP contribution >= 0.6 is 0 Å². The number of methoxy groups -OCH3 is 2. The van der Waals surface area contributed by atoms with Gasteiger partial charge in [0.05, 0.1) is 53.0 Å². The number of Topliss-reactive ketones (excluding diaryl/α,β-unsaturated/α-hetero) is 1. The third-order valence-corrected chi connectivity index (χ3v) is 17.0. The number of aromatic carboxylic acids is 1. The highest BCUT2D eigenvalue weighted by Crippen LogP contribution is 2.44. The van der Waals surface area contributed by atoms with Gasteiger partial charge in [-0.3, -0.25) is 14.4 Å². The highest BCUT2D eigenvalue weighted by molar-refractivity contribution is 5.92. The molecule has 0 saturated carbocycles. The maximum Gasteiger partial charge on any atom is 0.509 e. The number of benzene rings is 1. The molecule has 6 rings (SSSR count). The van der Waals surface area contributed by atoms with E-state index in [0.717, 1.165) is 12.0 Å². The largest absolute Gasteiger partial charge is 0.509 e. The second-order valence-corrected chi connectivity index (χ2v) is 22.9. The molecule has 18 atom stereocenters. The number of cyclic esters (lactones) is 1. The number of aromatic nitrogens is 1. The fraction of sp³-hybridized carbons (Fsp3) is 0.772. The number of hydrogen-bond donors (Lipinski definition) is 3. The first-order valence-corrected chi connectivity index (χ1v) is 27.7. The summed E-state index contributed by atoms with van der Waals surface area (Å²) in [6.07, 6.45) is -4.84. The summed E-state index contributed by atoms with van der Waals surface area (Å²) >= 11 is 0. The zero-order valence-corrected chi connectivity index (χ0v) is 48.2. The second-order valence-electron chi connectivity index (χ2n) is 22.9. The lowest BCUT2D eigenvalue weighted by Gasteiger charge is -2.50. The molecule has 0 spiro atoms. The number of carboxylic acid groups (broad SMARTS) is 1. The second kappa shape index (κ2) is 26.0. The Hall–Kier alpha value is -4.09. The molecule has 4 fully saturated rings. The molecule has 3 N–H and O–H groups in total. The fourth-order valence-electron chi connectivity index (χ4n) is 12.5. The third-order valence-electron chi connectivity index (χ3n) is 17.0. The lowest BCUT2D eigenvalue weighted by Crippen LogP contribution is -2.61. The highest BCUT2D eigenvalue weighted by atomic mass is 16.8. The maximum atomic E-state index is 14.8. The van der Waals surface area contributed by atoms with Crippen LogP contribution in [-0.2, 0) is 69.9 Å². The van der Waals surface area contributed by atoms with E-state index in [4.69, 9.17) is 47.4 Å². The molecule has 20 nitrogen and oxygen atoms in total. The molecule has 0 amide bonds. The summed E-state index contributed by atoms with van der Waals surface area (Å²) in [5.74, 6) is -5.40. The summed E-state index contributed by atoms with van der Waals surface area (Å²) in [7, 11) is 6.93. The number of aliphatic hydroxyl groups excluding tert-OH is 1. The number of ether oxygens (including phenoxy) is 10. The van der Waals surface area contributed by atoms with Crippen molar-refractivity contribution in [3.8, 4) is 0 Å². The molecule has 4 saturated heterocycles.